The van der Waals surface area contributed by atoms with Crippen LogP contribution >= 0.6 is 0 Å². The van der Waals surface area contributed by atoms with Gasteiger partial charge in [0.25, 0.3) is 6.43 Å². The topological polar surface area (TPSA) is 83.5 Å². The van der Waals surface area contributed by atoms with Gasteiger partial charge in [-0.15, -0.1) is 0 Å². The number of aliphatic carboxylic acids is 1. The molecule has 0 radical (unpaired) electrons. The molecule has 4 nitrogen and oxygen atoms in total. The zero-order valence-electron chi connectivity index (χ0n) is 9.86. The standard InChI is InChI=1S/C12H15F2NO3/c1-6-4-7(9(15)2-3-10(16)17)11(18)8(5-6)12(13)14/h4-5,9,12,18H,2-3,15H2,1H3,(H,16,17). The van der Waals surface area contributed by atoms with E-state index in [1.54, 1.807) is 6.92 Å². The van der Waals surface area contributed by atoms with E-state index in [0.717, 1.165) is 0 Å². The van der Waals surface area contributed by atoms with Crippen LogP contribution in [0.5, 0.6) is 5.75 Å². The van der Waals surface area contributed by atoms with Crippen molar-refractivity contribution in [3.63, 3.8) is 0 Å². The maximum Gasteiger partial charge on any atom is 0.303 e. The summed E-state index contributed by atoms with van der Waals surface area (Å²) in [5, 5.41) is 18.2. The number of rotatable bonds is 5. The fraction of sp³-hybridized carbons (Fsp3) is 0.417. The van der Waals surface area contributed by atoms with Gasteiger partial charge in [-0.05, 0) is 19.4 Å². The molecule has 0 fully saturated rings. The van der Waals surface area contributed by atoms with Gasteiger partial charge in [-0.2, -0.15) is 0 Å². The number of hydrogen-bond donors (Lipinski definition) is 3. The minimum absolute atomic E-state index is 0.0784. The highest BCUT2D eigenvalue weighted by molar-refractivity contribution is 5.66. The van der Waals surface area contributed by atoms with Crippen LogP contribution in [0.15, 0.2) is 12.1 Å². The monoisotopic (exact) mass is 259 g/mol. The van der Waals surface area contributed by atoms with Gasteiger partial charge in [-0.1, -0.05) is 11.6 Å². The van der Waals surface area contributed by atoms with Crippen molar-refractivity contribution in [2.75, 3.05) is 0 Å². The Morgan fingerprint density at radius 2 is 1.94 bits per heavy atom. The summed E-state index contributed by atoms with van der Waals surface area (Å²) in [4.78, 5) is 10.4. The summed E-state index contributed by atoms with van der Waals surface area (Å²) in [6, 6.07) is 1.90. The minimum atomic E-state index is -2.80. The van der Waals surface area contributed by atoms with E-state index in [2.05, 4.69) is 0 Å². The Morgan fingerprint density at radius 3 is 2.44 bits per heavy atom. The largest absolute Gasteiger partial charge is 0.507 e. The first-order chi connectivity index (χ1) is 8.32. The molecule has 1 aromatic carbocycles. The average Bonchev–Trinajstić information content (AvgIpc) is 2.28. The van der Waals surface area contributed by atoms with E-state index in [9.17, 15) is 18.7 Å². The van der Waals surface area contributed by atoms with Crippen molar-refractivity contribution < 1.29 is 23.8 Å². The van der Waals surface area contributed by atoms with Crippen LogP contribution in [0, 0.1) is 6.92 Å². The number of aromatic hydroxyl groups is 1. The van der Waals surface area contributed by atoms with Crippen molar-refractivity contribution in [1.82, 2.24) is 0 Å². The highest BCUT2D eigenvalue weighted by Gasteiger charge is 2.20. The van der Waals surface area contributed by atoms with E-state index >= 15 is 0 Å². The number of carboxylic acid groups (broad SMARTS) is 1. The van der Waals surface area contributed by atoms with Crippen LogP contribution < -0.4 is 5.73 Å². The van der Waals surface area contributed by atoms with Crippen molar-refractivity contribution in [3.8, 4) is 5.75 Å². The Hall–Kier alpha value is -1.69. The Morgan fingerprint density at radius 1 is 1.39 bits per heavy atom. The summed E-state index contributed by atoms with van der Waals surface area (Å²) >= 11 is 0. The summed E-state index contributed by atoms with van der Waals surface area (Å²) in [6.07, 6.45) is -2.90. The lowest BCUT2D eigenvalue weighted by Crippen LogP contribution is -2.13. The molecule has 4 N–H and O–H groups in total. The third-order valence-corrected chi connectivity index (χ3v) is 2.62. The van der Waals surface area contributed by atoms with Gasteiger partial charge in [-0.3, -0.25) is 4.79 Å². The second kappa shape index (κ2) is 5.77. The van der Waals surface area contributed by atoms with Gasteiger partial charge in [0.2, 0.25) is 0 Å². The zero-order chi connectivity index (χ0) is 13.9. The number of benzene rings is 1. The molecule has 1 atom stereocenters. The van der Waals surface area contributed by atoms with Crippen LogP contribution in [0.4, 0.5) is 8.78 Å². The third-order valence-electron chi connectivity index (χ3n) is 2.62. The first kappa shape index (κ1) is 14.4. The van der Waals surface area contributed by atoms with E-state index < -0.39 is 29.7 Å². The highest BCUT2D eigenvalue weighted by Crippen LogP contribution is 2.35. The van der Waals surface area contributed by atoms with Crippen LogP contribution in [-0.2, 0) is 4.79 Å². The molecule has 1 rings (SSSR count). The number of alkyl halides is 2. The van der Waals surface area contributed by atoms with Crippen molar-refractivity contribution >= 4 is 5.97 Å². The quantitative estimate of drug-likeness (QED) is 0.758. The molecule has 0 spiro atoms. The molecule has 0 aromatic heterocycles. The molecule has 0 aliphatic carbocycles. The van der Waals surface area contributed by atoms with Crippen LogP contribution in [0.25, 0.3) is 0 Å². The molecule has 0 aliphatic rings. The maximum atomic E-state index is 12.7. The van der Waals surface area contributed by atoms with Gasteiger partial charge in [0, 0.05) is 18.0 Å². The lowest BCUT2D eigenvalue weighted by atomic mass is 9.97. The van der Waals surface area contributed by atoms with E-state index in [0.29, 0.717) is 5.56 Å². The second-order valence-corrected chi connectivity index (χ2v) is 4.13. The Labute approximate surface area is 103 Å². The summed E-state index contributed by atoms with van der Waals surface area (Å²) in [5.41, 5.74) is 5.94. The van der Waals surface area contributed by atoms with Crippen LogP contribution in [0.3, 0.4) is 0 Å². The first-order valence-corrected chi connectivity index (χ1v) is 5.41. The highest BCUT2D eigenvalue weighted by atomic mass is 19.3. The van der Waals surface area contributed by atoms with Crippen molar-refractivity contribution in [2.24, 2.45) is 5.73 Å². The number of phenolic OH excluding ortho intramolecular Hbond substituents is 1. The molecule has 0 saturated carbocycles. The lowest BCUT2D eigenvalue weighted by molar-refractivity contribution is -0.137. The molecule has 0 bridgehead atoms. The van der Waals surface area contributed by atoms with Gasteiger partial charge in [0.1, 0.15) is 5.75 Å². The van der Waals surface area contributed by atoms with Crippen molar-refractivity contribution in [2.45, 2.75) is 32.2 Å². The molecule has 18 heavy (non-hydrogen) atoms. The molecular weight excluding hydrogens is 244 g/mol. The average molecular weight is 259 g/mol. The molecular formula is C12H15F2NO3. The molecule has 0 aliphatic heterocycles. The first-order valence-electron chi connectivity index (χ1n) is 5.41. The Bertz CT molecular complexity index is 449. The molecule has 0 heterocycles. The van der Waals surface area contributed by atoms with Crippen molar-refractivity contribution in [3.05, 3.63) is 28.8 Å². The SMILES string of the molecule is Cc1cc(C(F)F)c(O)c(C(N)CCC(=O)O)c1. The van der Waals surface area contributed by atoms with E-state index in [4.69, 9.17) is 10.8 Å². The Kier molecular flexibility index (Phi) is 4.61. The molecule has 1 aromatic rings. The van der Waals surface area contributed by atoms with Gasteiger partial charge in [0.15, 0.2) is 0 Å². The predicted molar refractivity (Wildman–Crippen MR) is 61.6 cm³/mol. The van der Waals surface area contributed by atoms with Gasteiger partial charge in [-0.25, -0.2) is 8.78 Å². The number of carboxylic acids is 1. The Balaban J connectivity index is 3.04. The number of nitrogens with two attached hydrogens (primary N) is 1. The van der Waals surface area contributed by atoms with E-state index in [1.807, 2.05) is 0 Å². The lowest BCUT2D eigenvalue weighted by Gasteiger charge is -2.16. The summed E-state index contributed by atoms with van der Waals surface area (Å²) < 4.78 is 25.3. The molecule has 6 heteroatoms. The smallest absolute Gasteiger partial charge is 0.303 e. The van der Waals surface area contributed by atoms with Crippen LogP contribution in [0.2, 0.25) is 0 Å². The summed E-state index contributed by atoms with van der Waals surface area (Å²) in [6.45, 7) is 1.61. The molecule has 0 saturated heterocycles. The molecule has 0 amide bonds. The summed E-state index contributed by atoms with van der Waals surface area (Å²) in [7, 11) is 0. The van der Waals surface area contributed by atoms with Gasteiger partial charge >= 0.3 is 5.97 Å². The summed E-state index contributed by atoms with van der Waals surface area (Å²) in [5.74, 6) is -1.57. The van der Waals surface area contributed by atoms with Crippen molar-refractivity contribution in [1.29, 1.82) is 0 Å². The second-order valence-electron chi connectivity index (χ2n) is 4.13. The third kappa shape index (κ3) is 3.40. The zero-order valence-corrected chi connectivity index (χ0v) is 9.86. The van der Waals surface area contributed by atoms with Crippen LogP contribution in [-0.4, -0.2) is 16.2 Å². The fourth-order valence-electron chi connectivity index (χ4n) is 1.72. The van der Waals surface area contributed by atoms with Gasteiger partial charge < -0.3 is 15.9 Å². The number of halogens is 2. The number of aryl methyl sites for hydroxylation is 1. The maximum absolute atomic E-state index is 12.7. The minimum Gasteiger partial charge on any atom is -0.507 e. The van der Waals surface area contributed by atoms with E-state index in [-0.39, 0.29) is 18.4 Å². The molecule has 100 valence electrons. The fourth-order valence-corrected chi connectivity index (χ4v) is 1.72. The van der Waals surface area contributed by atoms with E-state index in [1.165, 1.54) is 12.1 Å². The number of hydrogen-bond acceptors (Lipinski definition) is 3. The van der Waals surface area contributed by atoms with Crippen LogP contribution in [0.1, 0.15) is 42.0 Å². The van der Waals surface area contributed by atoms with Gasteiger partial charge in [0.05, 0.1) is 5.56 Å². The predicted octanol–water partition coefficient (Wildman–Crippen LogP) is 2.50. The number of phenols is 1. The number of carbonyl (C=O) groups is 1. The normalized spacial score (nSPS) is 12.7. The molecule has 1 unspecified atom stereocenters.